The van der Waals surface area contributed by atoms with E-state index in [0.29, 0.717) is 18.1 Å². The van der Waals surface area contributed by atoms with E-state index in [1.807, 2.05) is 0 Å². The fraction of sp³-hybridized carbons (Fsp3) is 0.333. The van der Waals surface area contributed by atoms with Gasteiger partial charge in [-0.15, -0.1) is 0 Å². The van der Waals surface area contributed by atoms with Gasteiger partial charge in [0.1, 0.15) is 18.1 Å². The summed E-state index contributed by atoms with van der Waals surface area (Å²) >= 11 is 5.10. The van der Waals surface area contributed by atoms with E-state index in [9.17, 15) is 14.9 Å². The molecule has 1 fully saturated rings. The van der Waals surface area contributed by atoms with Crippen LogP contribution in [0.25, 0.3) is 0 Å². The minimum Gasteiger partial charge on any atom is -0.486 e. The van der Waals surface area contributed by atoms with Crippen molar-refractivity contribution in [3.8, 4) is 5.75 Å². The molecule has 3 rings (SSSR count). The molecule has 0 bridgehead atoms. The zero-order chi connectivity index (χ0) is 20.6. The van der Waals surface area contributed by atoms with Gasteiger partial charge in [-0.1, -0.05) is 0 Å². The quantitative estimate of drug-likeness (QED) is 0.350. The van der Waals surface area contributed by atoms with Gasteiger partial charge in [-0.2, -0.15) is 0 Å². The van der Waals surface area contributed by atoms with Gasteiger partial charge in [0.2, 0.25) is 0 Å². The topological polar surface area (TPSA) is 128 Å². The fourth-order valence-electron chi connectivity index (χ4n) is 2.63. The second kappa shape index (κ2) is 9.85. The van der Waals surface area contributed by atoms with Crippen LogP contribution in [0.2, 0.25) is 0 Å². The number of amides is 1. The second-order valence-electron chi connectivity index (χ2n) is 6.23. The molecule has 29 heavy (non-hydrogen) atoms. The van der Waals surface area contributed by atoms with Crippen LogP contribution >= 0.6 is 12.2 Å². The van der Waals surface area contributed by atoms with Crippen LogP contribution in [0.15, 0.2) is 40.8 Å². The Morgan fingerprint density at radius 3 is 2.72 bits per heavy atom. The molecule has 1 aliphatic heterocycles. The first-order valence-electron chi connectivity index (χ1n) is 8.93. The first-order chi connectivity index (χ1) is 14.0. The molecule has 154 valence electrons. The van der Waals surface area contributed by atoms with Crippen LogP contribution in [0.4, 0.5) is 5.69 Å². The summed E-state index contributed by atoms with van der Waals surface area (Å²) in [6, 6.07) is 8.78. The highest BCUT2D eigenvalue weighted by molar-refractivity contribution is 7.80. The van der Waals surface area contributed by atoms with E-state index in [-0.39, 0.29) is 29.3 Å². The smallest absolute Gasteiger partial charge is 0.305 e. The Morgan fingerprint density at radius 1 is 1.24 bits per heavy atom. The van der Waals surface area contributed by atoms with Crippen molar-refractivity contribution in [3.05, 3.63) is 58.0 Å². The first-order valence-corrected chi connectivity index (χ1v) is 9.34. The zero-order valence-corrected chi connectivity index (χ0v) is 16.2. The van der Waals surface area contributed by atoms with Crippen LogP contribution < -0.4 is 20.9 Å². The predicted molar refractivity (Wildman–Crippen MR) is 106 cm³/mol. The number of furan rings is 1. The maximum absolute atomic E-state index is 12.1. The molecule has 2 aromatic rings. The SMILES string of the molecule is O=C(NNC(=S)NCC1CCCO1)c1ccc(COc2ccc([N+](=O)[O-])cc2)o1. The maximum atomic E-state index is 12.1. The molecule has 1 amide bonds. The zero-order valence-electron chi connectivity index (χ0n) is 15.4. The molecule has 1 atom stereocenters. The van der Waals surface area contributed by atoms with Crippen LogP contribution in [0.5, 0.6) is 5.75 Å². The Hall–Kier alpha value is -3.18. The molecular formula is C18H20N4O6S. The molecule has 1 saturated heterocycles. The minimum atomic E-state index is -0.493. The summed E-state index contributed by atoms with van der Waals surface area (Å²) in [6.07, 6.45) is 2.16. The fourth-order valence-corrected chi connectivity index (χ4v) is 2.76. The van der Waals surface area contributed by atoms with Crippen molar-refractivity contribution in [3.63, 3.8) is 0 Å². The molecule has 0 spiro atoms. The molecule has 2 heterocycles. The summed E-state index contributed by atoms with van der Waals surface area (Å²) in [5.41, 5.74) is 5.03. The van der Waals surface area contributed by atoms with Crippen molar-refractivity contribution in [1.82, 2.24) is 16.2 Å². The van der Waals surface area contributed by atoms with Gasteiger partial charge in [-0.3, -0.25) is 25.8 Å². The normalized spacial score (nSPS) is 15.5. The Bertz CT molecular complexity index is 863. The Kier molecular flexibility index (Phi) is 6.98. The van der Waals surface area contributed by atoms with E-state index < -0.39 is 10.8 Å². The van der Waals surface area contributed by atoms with E-state index in [0.717, 1.165) is 19.4 Å². The standard InChI is InChI=1S/C18H20N4O6S/c23-17(20-21-18(29)19-10-14-2-1-9-26-14)16-8-7-15(28-16)11-27-13-5-3-12(4-6-13)22(24)25/h3-8,14H,1-2,9-11H2,(H,20,23)(H2,19,21,29). The summed E-state index contributed by atoms with van der Waals surface area (Å²) in [6.45, 7) is 1.41. The summed E-state index contributed by atoms with van der Waals surface area (Å²) < 4.78 is 16.4. The summed E-state index contributed by atoms with van der Waals surface area (Å²) in [5, 5.41) is 13.9. The van der Waals surface area contributed by atoms with Crippen molar-refractivity contribution >= 4 is 28.9 Å². The van der Waals surface area contributed by atoms with E-state index in [2.05, 4.69) is 16.2 Å². The number of nitrogens with zero attached hydrogens (tertiary/aromatic N) is 1. The van der Waals surface area contributed by atoms with Crippen LogP contribution in [0.3, 0.4) is 0 Å². The van der Waals surface area contributed by atoms with Crippen molar-refractivity contribution in [2.45, 2.75) is 25.6 Å². The average Bonchev–Trinajstić information content (AvgIpc) is 3.41. The lowest BCUT2D eigenvalue weighted by Crippen LogP contribution is -2.48. The van der Waals surface area contributed by atoms with Gasteiger partial charge in [0.05, 0.1) is 11.0 Å². The summed E-state index contributed by atoms with van der Waals surface area (Å²) in [7, 11) is 0. The number of carbonyl (C=O) groups is 1. The number of thiocarbonyl (C=S) groups is 1. The van der Waals surface area contributed by atoms with Crippen molar-refractivity contribution in [2.24, 2.45) is 0 Å². The third-order valence-electron chi connectivity index (χ3n) is 4.12. The van der Waals surface area contributed by atoms with E-state index in [4.69, 9.17) is 26.1 Å². The number of ether oxygens (including phenoxy) is 2. The van der Waals surface area contributed by atoms with Crippen LogP contribution in [-0.4, -0.2) is 35.2 Å². The molecule has 1 unspecified atom stereocenters. The van der Waals surface area contributed by atoms with Crippen molar-refractivity contribution in [2.75, 3.05) is 13.2 Å². The molecule has 0 saturated carbocycles. The molecule has 0 aliphatic carbocycles. The molecular weight excluding hydrogens is 400 g/mol. The number of nitro groups is 1. The molecule has 10 nitrogen and oxygen atoms in total. The highest BCUT2D eigenvalue weighted by Crippen LogP contribution is 2.19. The van der Waals surface area contributed by atoms with E-state index in [1.165, 1.54) is 30.3 Å². The van der Waals surface area contributed by atoms with Gasteiger partial charge in [0.25, 0.3) is 5.69 Å². The number of nitro benzene ring substituents is 1. The predicted octanol–water partition coefficient (Wildman–Crippen LogP) is 2.05. The number of rotatable bonds is 7. The van der Waals surface area contributed by atoms with Gasteiger partial charge < -0.3 is 19.2 Å². The summed E-state index contributed by atoms with van der Waals surface area (Å²) in [5.74, 6) is 0.462. The second-order valence-corrected chi connectivity index (χ2v) is 6.64. The third-order valence-corrected chi connectivity index (χ3v) is 4.36. The molecule has 1 aromatic heterocycles. The minimum absolute atomic E-state index is 0.0232. The Morgan fingerprint density at radius 2 is 2.03 bits per heavy atom. The number of hydrogen-bond acceptors (Lipinski definition) is 7. The number of hydrogen-bond donors (Lipinski definition) is 3. The van der Waals surface area contributed by atoms with E-state index in [1.54, 1.807) is 6.07 Å². The van der Waals surface area contributed by atoms with Crippen molar-refractivity contribution in [1.29, 1.82) is 0 Å². The number of nitrogens with one attached hydrogen (secondary N) is 3. The molecule has 1 aromatic carbocycles. The van der Waals surface area contributed by atoms with Crippen LogP contribution in [0, 0.1) is 10.1 Å². The Balaban J connectivity index is 1.40. The highest BCUT2D eigenvalue weighted by atomic mass is 32.1. The van der Waals surface area contributed by atoms with Gasteiger partial charge in [-0.05, 0) is 49.3 Å². The number of benzene rings is 1. The van der Waals surface area contributed by atoms with Crippen molar-refractivity contribution < 1.29 is 23.6 Å². The van der Waals surface area contributed by atoms with Crippen LogP contribution in [-0.2, 0) is 11.3 Å². The lowest BCUT2D eigenvalue weighted by atomic mass is 10.2. The highest BCUT2D eigenvalue weighted by Gasteiger charge is 2.16. The first kappa shape index (κ1) is 20.6. The van der Waals surface area contributed by atoms with Crippen LogP contribution in [0.1, 0.15) is 29.2 Å². The number of carbonyl (C=O) groups excluding carboxylic acids is 1. The molecule has 3 N–H and O–H groups in total. The monoisotopic (exact) mass is 420 g/mol. The van der Waals surface area contributed by atoms with Gasteiger partial charge in [-0.25, -0.2) is 0 Å². The van der Waals surface area contributed by atoms with Gasteiger partial charge in [0, 0.05) is 25.3 Å². The summed E-state index contributed by atoms with van der Waals surface area (Å²) in [4.78, 5) is 22.3. The van der Waals surface area contributed by atoms with Gasteiger partial charge in [0.15, 0.2) is 10.9 Å². The number of hydrazine groups is 1. The number of non-ortho nitro benzene ring substituents is 1. The maximum Gasteiger partial charge on any atom is 0.305 e. The lowest BCUT2D eigenvalue weighted by Gasteiger charge is -2.14. The molecule has 11 heteroatoms. The molecule has 0 radical (unpaired) electrons. The average molecular weight is 420 g/mol. The Labute approximate surface area is 171 Å². The molecule has 1 aliphatic rings. The largest absolute Gasteiger partial charge is 0.486 e. The lowest BCUT2D eigenvalue weighted by molar-refractivity contribution is -0.384. The third kappa shape index (κ3) is 6.16. The van der Waals surface area contributed by atoms with Gasteiger partial charge >= 0.3 is 5.91 Å². The van der Waals surface area contributed by atoms with E-state index >= 15 is 0 Å².